The zero-order valence-corrected chi connectivity index (χ0v) is 10.0. The third-order valence-corrected chi connectivity index (χ3v) is 3.75. The van der Waals surface area contributed by atoms with Crippen molar-refractivity contribution in [3.8, 4) is 5.75 Å². The number of hydrogen-bond donors (Lipinski definition) is 1. The van der Waals surface area contributed by atoms with Crippen LogP contribution in [0.2, 0.25) is 0 Å². The predicted molar refractivity (Wildman–Crippen MR) is 66.4 cm³/mol. The van der Waals surface area contributed by atoms with Crippen LogP contribution in [0.15, 0.2) is 18.2 Å². The summed E-state index contributed by atoms with van der Waals surface area (Å²) >= 11 is 0. The molecule has 2 N–H and O–H groups in total. The van der Waals surface area contributed by atoms with Gasteiger partial charge in [-0.2, -0.15) is 0 Å². The maximum Gasteiger partial charge on any atom is 0.145 e. The van der Waals surface area contributed by atoms with Crippen LogP contribution in [0.5, 0.6) is 5.75 Å². The largest absolute Gasteiger partial charge is 0.486 e. The SMILES string of the molecule is NCC1CCCc2cc(OC3COC3)ccc21. The molecule has 1 fully saturated rings. The molecule has 1 aromatic rings. The number of rotatable bonds is 3. The molecule has 0 amide bonds. The van der Waals surface area contributed by atoms with Gasteiger partial charge in [0.15, 0.2) is 0 Å². The smallest absolute Gasteiger partial charge is 0.145 e. The van der Waals surface area contributed by atoms with E-state index in [1.807, 2.05) is 0 Å². The van der Waals surface area contributed by atoms with Gasteiger partial charge in [-0.25, -0.2) is 0 Å². The number of benzene rings is 1. The molecule has 1 aliphatic heterocycles. The third-order valence-electron chi connectivity index (χ3n) is 3.75. The molecule has 1 saturated heterocycles. The first-order chi connectivity index (χ1) is 8.36. The fourth-order valence-electron chi connectivity index (χ4n) is 2.68. The normalized spacial score (nSPS) is 23.9. The lowest BCUT2D eigenvalue weighted by atomic mass is 9.83. The van der Waals surface area contributed by atoms with E-state index in [1.165, 1.54) is 24.0 Å². The van der Waals surface area contributed by atoms with Crippen molar-refractivity contribution in [2.45, 2.75) is 31.3 Å². The molecule has 3 rings (SSSR count). The van der Waals surface area contributed by atoms with Crippen molar-refractivity contribution in [1.82, 2.24) is 0 Å². The van der Waals surface area contributed by atoms with Crippen LogP contribution in [0.4, 0.5) is 0 Å². The highest BCUT2D eigenvalue weighted by molar-refractivity contribution is 5.39. The average molecular weight is 233 g/mol. The molecule has 2 aliphatic rings. The highest BCUT2D eigenvalue weighted by Gasteiger charge is 2.22. The van der Waals surface area contributed by atoms with Gasteiger partial charge >= 0.3 is 0 Å². The summed E-state index contributed by atoms with van der Waals surface area (Å²) in [6, 6.07) is 6.46. The van der Waals surface area contributed by atoms with Crippen LogP contribution in [0.3, 0.4) is 0 Å². The van der Waals surface area contributed by atoms with E-state index in [9.17, 15) is 0 Å². The first-order valence-electron chi connectivity index (χ1n) is 6.44. The van der Waals surface area contributed by atoms with E-state index in [2.05, 4.69) is 18.2 Å². The lowest BCUT2D eigenvalue weighted by Gasteiger charge is -2.28. The Kier molecular flexibility index (Phi) is 3.04. The van der Waals surface area contributed by atoms with Gasteiger partial charge in [-0.3, -0.25) is 0 Å². The summed E-state index contributed by atoms with van der Waals surface area (Å²) in [5.41, 5.74) is 8.67. The van der Waals surface area contributed by atoms with Crippen molar-refractivity contribution in [3.05, 3.63) is 29.3 Å². The summed E-state index contributed by atoms with van der Waals surface area (Å²) in [6.07, 6.45) is 3.87. The first kappa shape index (κ1) is 11.1. The highest BCUT2D eigenvalue weighted by Crippen LogP contribution is 2.33. The summed E-state index contributed by atoms with van der Waals surface area (Å²) in [7, 11) is 0. The molecule has 3 heteroatoms. The average Bonchev–Trinajstić information content (AvgIpc) is 2.32. The zero-order valence-electron chi connectivity index (χ0n) is 10.0. The van der Waals surface area contributed by atoms with Gasteiger partial charge in [-0.05, 0) is 55.0 Å². The van der Waals surface area contributed by atoms with Gasteiger partial charge in [0.05, 0.1) is 13.2 Å². The quantitative estimate of drug-likeness (QED) is 0.866. The van der Waals surface area contributed by atoms with Gasteiger partial charge in [-0.15, -0.1) is 0 Å². The Morgan fingerprint density at radius 3 is 2.94 bits per heavy atom. The number of fused-ring (bicyclic) bond motifs is 1. The topological polar surface area (TPSA) is 44.5 Å². The molecular weight excluding hydrogens is 214 g/mol. The van der Waals surface area contributed by atoms with E-state index in [-0.39, 0.29) is 6.10 Å². The van der Waals surface area contributed by atoms with Gasteiger partial charge < -0.3 is 15.2 Å². The summed E-state index contributed by atoms with van der Waals surface area (Å²) in [5.74, 6) is 1.52. The van der Waals surface area contributed by atoms with Crippen LogP contribution in [0.1, 0.15) is 29.9 Å². The maximum atomic E-state index is 5.83. The molecule has 92 valence electrons. The van der Waals surface area contributed by atoms with Crippen molar-refractivity contribution in [1.29, 1.82) is 0 Å². The molecule has 0 radical (unpaired) electrons. The van der Waals surface area contributed by atoms with Gasteiger partial charge in [0.25, 0.3) is 0 Å². The number of hydrogen-bond acceptors (Lipinski definition) is 3. The van der Waals surface area contributed by atoms with Crippen molar-refractivity contribution >= 4 is 0 Å². The van der Waals surface area contributed by atoms with Crippen LogP contribution in [-0.4, -0.2) is 25.9 Å². The standard InChI is InChI=1S/C14H19NO2/c15-7-11-3-1-2-10-6-12(4-5-14(10)11)17-13-8-16-9-13/h4-6,11,13H,1-3,7-9,15H2. The minimum absolute atomic E-state index is 0.252. The molecule has 3 nitrogen and oxygen atoms in total. The highest BCUT2D eigenvalue weighted by atomic mass is 16.6. The van der Waals surface area contributed by atoms with E-state index in [1.54, 1.807) is 0 Å². The Labute approximate surface area is 102 Å². The second kappa shape index (κ2) is 4.67. The monoisotopic (exact) mass is 233 g/mol. The van der Waals surface area contributed by atoms with Crippen LogP contribution >= 0.6 is 0 Å². The Hall–Kier alpha value is -1.06. The second-order valence-corrected chi connectivity index (χ2v) is 4.96. The Morgan fingerprint density at radius 2 is 2.24 bits per heavy atom. The summed E-state index contributed by atoms with van der Waals surface area (Å²) in [5, 5.41) is 0. The fraction of sp³-hybridized carbons (Fsp3) is 0.571. The summed E-state index contributed by atoms with van der Waals surface area (Å²) in [4.78, 5) is 0. The van der Waals surface area contributed by atoms with Gasteiger partial charge in [0, 0.05) is 0 Å². The lowest BCUT2D eigenvalue weighted by Crippen LogP contribution is -2.38. The number of aryl methyl sites for hydroxylation is 1. The van der Waals surface area contributed by atoms with Crippen molar-refractivity contribution in [2.75, 3.05) is 19.8 Å². The molecule has 1 atom stereocenters. The van der Waals surface area contributed by atoms with Crippen LogP contribution in [0, 0.1) is 0 Å². The fourth-order valence-corrected chi connectivity index (χ4v) is 2.68. The summed E-state index contributed by atoms with van der Waals surface area (Å²) < 4.78 is 10.9. The predicted octanol–water partition coefficient (Wildman–Crippen LogP) is 1.84. The van der Waals surface area contributed by atoms with Gasteiger partial charge in [0.1, 0.15) is 11.9 Å². The van der Waals surface area contributed by atoms with Crippen molar-refractivity contribution in [3.63, 3.8) is 0 Å². The Balaban J connectivity index is 1.79. The van der Waals surface area contributed by atoms with E-state index in [0.717, 1.165) is 31.9 Å². The second-order valence-electron chi connectivity index (χ2n) is 4.96. The molecule has 0 saturated carbocycles. The molecule has 1 unspecified atom stereocenters. The summed E-state index contributed by atoms with van der Waals surface area (Å²) in [6.45, 7) is 2.20. The molecule has 0 spiro atoms. The molecule has 1 heterocycles. The van der Waals surface area contributed by atoms with Crippen LogP contribution in [0.25, 0.3) is 0 Å². The Morgan fingerprint density at radius 1 is 1.35 bits per heavy atom. The van der Waals surface area contributed by atoms with Gasteiger partial charge in [-0.1, -0.05) is 6.07 Å². The molecule has 17 heavy (non-hydrogen) atoms. The maximum absolute atomic E-state index is 5.83. The van der Waals surface area contributed by atoms with Crippen molar-refractivity contribution in [2.24, 2.45) is 5.73 Å². The number of ether oxygens (including phenoxy) is 2. The van der Waals surface area contributed by atoms with Gasteiger partial charge in [0.2, 0.25) is 0 Å². The molecule has 0 aromatic heterocycles. The zero-order chi connectivity index (χ0) is 11.7. The van der Waals surface area contributed by atoms with E-state index in [4.69, 9.17) is 15.2 Å². The molecule has 0 bridgehead atoms. The first-order valence-corrected chi connectivity index (χ1v) is 6.44. The Bertz CT molecular complexity index is 401. The minimum Gasteiger partial charge on any atom is -0.486 e. The van der Waals surface area contributed by atoms with Crippen LogP contribution in [-0.2, 0) is 11.2 Å². The van der Waals surface area contributed by atoms with E-state index in [0.29, 0.717) is 5.92 Å². The third kappa shape index (κ3) is 2.17. The van der Waals surface area contributed by atoms with E-state index < -0.39 is 0 Å². The van der Waals surface area contributed by atoms with Crippen molar-refractivity contribution < 1.29 is 9.47 Å². The van der Waals surface area contributed by atoms with E-state index >= 15 is 0 Å². The molecule has 1 aromatic carbocycles. The van der Waals surface area contributed by atoms with Crippen LogP contribution < -0.4 is 10.5 Å². The molecule has 1 aliphatic carbocycles. The minimum atomic E-state index is 0.252. The number of nitrogens with two attached hydrogens (primary N) is 1. The lowest BCUT2D eigenvalue weighted by molar-refractivity contribution is -0.0797. The molecular formula is C14H19NO2.